The Morgan fingerprint density at radius 2 is 2.18 bits per heavy atom. The number of aliphatic carboxylic acids is 1. The van der Waals surface area contributed by atoms with E-state index in [4.69, 9.17) is 5.11 Å². The van der Waals surface area contributed by atoms with Crippen LogP contribution in [0.5, 0.6) is 0 Å². The number of nitrogens with zero attached hydrogens (tertiary/aromatic N) is 4. The number of hydrogen-bond donors (Lipinski definition) is 3. The second-order valence-electron chi connectivity index (χ2n) is 6.40. The second-order valence-corrected chi connectivity index (χ2v) is 6.40. The predicted octanol–water partition coefficient (Wildman–Crippen LogP) is 2.19. The van der Waals surface area contributed by atoms with Gasteiger partial charge in [0.2, 0.25) is 0 Å². The molecule has 0 radical (unpaired) electrons. The van der Waals surface area contributed by atoms with Crippen LogP contribution in [0.2, 0.25) is 0 Å². The van der Waals surface area contributed by atoms with E-state index in [9.17, 15) is 18.0 Å². The van der Waals surface area contributed by atoms with E-state index in [1.54, 1.807) is 18.6 Å². The van der Waals surface area contributed by atoms with E-state index in [1.165, 1.54) is 7.05 Å². The molecule has 11 heteroatoms. The molecule has 0 amide bonds. The van der Waals surface area contributed by atoms with Gasteiger partial charge in [0.05, 0.1) is 18.7 Å². The van der Waals surface area contributed by atoms with Crippen molar-refractivity contribution in [3.8, 4) is 0 Å². The van der Waals surface area contributed by atoms with Crippen LogP contribution in [0, 0.1) is 5.92 Å². The minimum atomic E-state index is -4.06. The van der Waals surface area contributed by atoms with Crippen molar-refractivity contribution in [2.75, 3.05) is 31.6 Å². The van der Waals surface area contributed by atoms with Crippen molar-refractivity contribution in [3.05, 3.63) is 24.7 Å². The van der Waals surface area contributed by atoms with E-state index in [1.807, 2.05) is 16.3 Å². The quantitative estimate of drug-likeness (QED) is 0.623. The Labute approximate surface area is 157 Å². The first-order chi connectivity index (χ1) is 13.3. The molecule has 3 aromatic heterocycles. The third-order valence-electron chi connectivity index (χ3n) is 4.40. The van der Waals surface area contributed by atoms with Crippen molar-refractivity contribution in [1.82, 2.24) is 25.5 Å². The van der Waals surface area contributed by atoms with Crippen LogP contribution in [0.15, 0.2) is 24.7 Å². The number of alkyl halides is 3. The topological polar surface area (TPSA) is 107 Å². The van der Waals surface area contributed by atoms with E-state index < -0.39 is 18.7 Å². The molecular formula is C17H19F3N6O2. The smallest absolute Gasteiger partial charge is 0.401 e. The lowest BCUT2D eigenvalue weighted by Crippen LogP contribution is -2.25. The summed E-state index contributed by atoms with van der Waals surface area (Å²) in [5.74, 6) is -0.229. The van der Waals surface area contributed by atoms with Gasteiger partial charge in [-0.1, -0.05) is 0 Å². The molecule has 28 heavy (non-hydrogen) atoms. The Morgan fingerprint density at radius 3 is 2.79 bits per heavy atom. The molecule has 0 spiro atoms. The number of halogens is 3. The Morgan fingerprint density at radius 1 is 1.39 bits per heavy atom. The molecule has 150 valence electrons. The number of hydrogen-bond acceptors (Lipinski definition) is 6. The number of carbonyl (C=O) groups is 1. The molecule has 1 aliphatic rings. The molecule has 1 aliphatic heterocycles. The van der Waals surface area contributed by atoms with Crippen LogP contribution >= 0.6 is 0 Å². The van der Waals surface area contributed by atoms with Crippen molar-refractivity contribution in [2.24, 2.45) is 5.92 Å². The number of rotatable bonds is 3. The number of fused-ring (bicyclic) bond motifs is 3. The van der Waals surface area contributed by atoms with Crippen molar-refractivity contribution in [1.29, 1.82) is 0 Å². The summed E-state index contributed by atoms with van der Waals surface area (Å²) in [5, 5.41) is 21.2. The van der Waals surface area contributed by atoms with Crippen molar-refractivity contribution < 1.29 is 23.1 Å². The SMILES string of the molecule is CNCC(F)(F)F.O=C(O)C1CCN(c2[nH]ncc3cnc4nccc4c23)C1. The lowest BCUT2D eigenvalue weighted by Gasteiger charge is -2.19. The van der Waals surface area contributed by atoms with Gasteiger partial charge >= 0.3 is 12.1 Å². The first kappa shape index (κ1) is 19.8. The number of anilines is 1. The number of pyridine rings is 1. The van der Waals surface area contributed by atoms with Crippen molar-refractivity contribution in [3.63, 3.8) is 0 Å². The van der Waals surface area contributed by atoms with Gasteiger partial charge in [0.25, 0.3) is 0 Å². The average molecular weight is 396 g/mol. The van der Waals surface area contributed by atoms with Crippen LogP contribution in [0.25, 0.3) is 21.8 Å². The normalized spacial score (nSPS) is 17.0. The van der Waals surface area contributed by atoms with E-state index in [0.29, 0.717) is 25.2 Å². The van der Waals surface area contributed by atoms with Crippen LogP contribution in [0.1, 0.15) is 6.42 Å². The highest BCUT2D eigenvalue weighted by molar-refractivity contribution is 6.10. The number of carboxylic acids is 1. The van der Waals surface area contributed by atoms with E-state index in [0.717, 1.165) is 22.0 Å². The summed E-state index contributed by atoms with van der Waals surface area (Å²) in [6.45, 7) is 0.282. The minimum Gasteiger partial charge on any atom is -0.481 e. The maximum Gasteiger partial charge on any atom is 0.401 e. The van der Waals surface area contributed by atoms with Crippen LogP contribution < -0.4 is 10.2 Å². The molecule has 0 saturated carbocycles. The molecular weight excluding hydrogens is 377 g/mol. The standard InChI is InChI=1S/C14H13N5O2.C3H6F3N/c20-14(21)8-2-4-19(7-8)13-11-9(6-17-18-13)5-16-12-10(11)1-3-15-12;1-7-2-3(4,5)6/h1,3,5-6,8,18H,2,4,7H2,(H,20,21);7H,2H2,1H3. The van der Waals surface area contributed by atoms with Gasteiger partial charge in [0.1, 0.15) is 5.82 Å². The third-order valence-corrected chi connectivity index (χ3v) is 4.40. The predicted molar refractivity (Wildman–Crippen MR) is 97.1 cm³/mol. The van der Waals surface area contributed by atoms with Gasteiger partial charge in [-0.3, -0.25) is 9.89 Å². The summed E-state index contributed by atoms with van der Waals surface area (Å²) in [6, 6.07) is 1.92. The monoisotopic (exact) mass is 396 g/mol. The molecule has 1 unspecified atom stereocenters. The number of aromatic nitrogens is 4. The summed E-state index contributed by atoms with van der Waals surface area (Å²) in [6.07, 6.45) is 1.79. The minimum absolute atomic E-state index is 0.330. The van der Waals surface area contributed by atoms with Gasteiger partial charge in [-0.2, -0.15) is 18.3 Å². The highest BCUT2D eigenvalue weighted by Crippen LogP contribution is 2.32. The van der Waals surface area contributed by atoms with Crippen molar-refractivity contribution in [2.45, 2.75) is 12.6 Å². The van der Waals surface area contributed by atoms with Gasteiger partial charge in [0.15, 0.2) is 5.65 Å². The molecule has 3 aromatic rings. The zero-order chi connectivity index (χ0) is 20.3. The van der Waals surface area contributed by atoms with Crippen molar-refractivity contribution >= 4 is 33.6 Å². The molecule has 0 bridgehead atoms. The van der Waals surface area contributed by atoms with Gasteiger partial charge in [-0.25, -0.2) is 9.97 Å². The lowest BCUT2D eigenvalue weighted by atomic mass is 10.1. The van der Waals surface area contributed by atoms with Crippen LogP contribution in [0.3, 0.4) is 0 Å². The van der Waals surface area contributed by atoms with Gasteiger partial charge in [0, 0.05) is 41.6 Å². The maximum atomic E-state index is 11.1. The fraction of sp³-hybridized carbons (Fsp3) is 0.412. The van der Waals surface area contributed by atoms with Crippen LogP contribution in [-0.2, 0) is 4.79 Å². The summed E-state index contributed by atoms with van der Waals surface area (Å²) in [5.41, 5.74) is 0.692. The van der Waals surface area contributed by atoms with Gasteiger partial charge in [-0.15, -0.1) is 0 Å². The molecule has 1 atom stereocenters. The van der Waals surface area contributed by atoms with E-state index in [-0.39, 0.29) is 5.92 Å². The molecule has 4 rings (SSSR count). The number of H-pyrrole nitrogens is 1. The Hall–Kier alpha value is -2.95. The number of nitrogens with one attached hydrogen (secondary N) is 2. The average Bonchev–Trinajstić information content (AvgIpc) is 3.30. The highest BCUT2D eigenvalue weighted by atomic mass is 19.4. The molecule has 0 aromatic carbocycles. The first-order valence-corrected chi connectivity index (χ1v) is 8.56. The highest BCUT2D eigenvalue weighted by Gasteiger charge is 2.29. The Balaban J connectivity index is 0.000000279. The largest absolute Gasteiger partial charge is 0.481 e. The third kappa shape index (κ3) is 4.30. The first-order valence-electron chi connectivity index (χ1n) is 8.56. The number of carboxylic acid groups (broad SMARTS) is 1. The Kier molecular flexibility index (Phi) is 5.63. The molecule has 8 nitrogen and oxygen atoms in total. The van der Waals surface area contributed by atoms with Gasteiger partial charge < -0.3 is 15.3 Å². The molecule has 0 aliphatic carbocycles. The molecule has 4 heterocycles. The van der Waals surface area contributed by atoms with Gasteiger partial charge in [-0.05, 0) is 19.5 Å². The summed E-state index contributed by atoms with van der Waals surface area (Å²) >= 11 is 0. The maximum absolute atomic E-state index is 11.1. The van der Waals surface area contributed by atoms with E-state index >= 15 is 0 Å². The van der Waals surface area contributed by atoms with Crippen LogP contribution in [-0.4, -0.2) is 64.1 Å². The van der Waals surface area contributed by atoms with Crippen LogP contribution in [0.4, 0.5) is 19.0 Å². The lowest BCUT2D eigenvalue weighted by molar-refractivity contribution is -0.140. The zero-order valence-corrected chi connectivity index (χ0v) is 15.0. The molecule has 1 fully saturated rings. The molecule has 3 N–H and O–H groups in total. The summed E-state index contributed by atoms with van der Waals surface area (Å²) < 4.78 is 33.0. The van der Waals surface area contributed by atoms with E-state index in [2.05, 4.69) is 20.2 Å². The fourth-order valence-corrected chi connectivity index (χ4v) is 3.15. The summed E-state index contributed by atoms with van der Waals surface area (Å²) in [7, 11) is 1.26. The zero-order valence-electron chi connectivity index (χ0n) is 15.0. The Bertz CT molecular complexity index is 974. The summed E-state index contributed by atoms with van der Waals surface area (Å²) in [4.78, 5) is 21.7. The number of aromatic amines is 1. The fourth-order valence-electron chi connectivity index (χ4n) is 3.15. The molecule has 1 saturated heterocycles. The second kappa shape index (κ2) is 7.97.